The van der Waals surface area contributed by atoms with Gasteiger partial charge in [-0.3, -0.25) is 29.5 Å². The number of rotatable bonds is 12. The summed E-state index contributed by atoms with van der Waals surface area (Å²) in [7, 11) is 1.61. The van der Waals surface area contributed by atoms with Gasteiger partial charge in [-0.25, -0.2) is 5.43 Å². The summed E-state index contributed by atoms with van der Waals surface area (Å²) in [4.78, 5) is 47.8. The van der Waals surface area contributed by atoms with Crippen LogP contribution in [0.1, 0.15) is 32.1 Å². The number of ether oxygens (including phenoxy) is 1. The molecular weight excluding hydrogens is 334 g/mol. The summed E-state index contributed by atoms with van der Waals surface area (Å²) in [5.74, 6) is -0.546. The summed E-state index contributed by atoms with van der Waals surface area (Å²) in [6, 6.07) is 0. The Morgan fingerprint density at radius 1 is 1.25 bits per heavy atom. The number of nitrogens with zero attached hydrogens (tertiary/aromatic N) is 1. The Morgan fingerprint density at radius 3 is 2.62 bits per heavy atom. The zero-order valence-electron chi connectivity index (χ0n) is 14.1. The highest BCUT2D eigenvalue weighted by Gasteiger charge is 2.37. The molecule has 9 heteroatoms. The standard InChI is InChI=1S/C15H25N3O5S/c1-16-17-13(20)6-9-23-8-3-4-11(19)5-7-18-14(21)10-12(24-2)15(18)22/h12,16H,3-10H2,1-2H3,(H,17,20). The maximum Gasteiger partial charge on any atom is 0.242 e. The number of hydrazine groups is 1. The molecule has 0 bridgehead atoms. The van der Waals surface area contributed by atoms with E-state index in [9.17, 15) is 19.2 Å². The molecule has 0 radical (unpaired) electrons. The number of Topliss-reactive ketones (excluding diaryl/α,β-unsaturated/α-hetero) is 1. The predicted octanol–water partition coefficient (Wildman–Crippen LogP) is -0.126. The van der Waals surface area contributed by atoms with Crippen LogP contribution >= 0.6 is 11.8 Å². The second-order valence-electron chi connectivity index (χ2n) is 5.36. The average molecular weight is 359 g/mol. The Bertz CT molecular complexity index is 472. The lowest BCUT2D eigenvalue weighted by Crippen LogP contribution is -2.34. The van der Waals surface area contributed by atoms with Crippen molar-refractivity contribution in [2.45, 2.75) is 37.4 Å². The van der Waals surface area contributed by atoms with Crippen molar-refractivity contribution in [3.8, 4) is 0 Å². The molecule has 0 spiro atoms. The van der Waals surface area contributed by atoms with Gasteiger partial charge in [0, 0.05) is 39.5 Å². The molecule has 1 atom stereocenters. The zero-order valence-corrected chi connectivity index (χ0v) is 14.9. The number of imide groups is 1. The largest absolute Gasteiger partial charge is 0.381 e. The molecule has 2 N–H and O–H groups in total. The molecule has 3 amide bonds. The van der Waals surface area contributed by atoms with E-state index in [-0.39, 0.29) is 54.6 Å². The van der Waals surface area contributed by atoms with Crippen molar-refractivity contribution in [3.63, 3.8) is 0 Å². The van der Waals surface area contributed by atoms with E-state index < -0.39 is 0 Å². The molecule has 0 aromatic rings. The van der Waals surface area contributed by atoms with Crippen molar-refractivity contribution in [3.05, 3.63) is 0 Å². The van der Waals surface area contributed by atoms with Gasteiger partial charge in [-0.2, -0.15) is 11.8 Å². The van der Waals surface area contributed by atoms with Crippen LogP contribution in [-0.4, -0.2) is 66.7 Å². The van der Waals surface area contributed by atoms with Gasteiger partial charge in [-0.05, 0) is 12.7 Å². The van der Waals surface area contributed by atoms with E-state index in [2.05, 4.69) is 10.9 Å². The number of amides is 3. The molecule has 136 valence electrons. The van der Waals surface area contributed by atoms with E-state index in [0.29, 0.717) is 26.1 Å². The summed E-state index contributed by atoms with van der Waals surface area (Å²) in [6.07, 6.45) is 3.36. The first kappa shape index (κ1) is 20.6. The fourth-order valence-corrected chi connectivity index (χ4v) is 2.91. The van der Waals surface area contributed by atoms with Crippen LogP contribution < -0.4 is 10.9 Å². The molecule has 24 heavy (non-hydrogen) atoms. The third-order valence-corrected chi connectivity index (χ3v) is 4.52. The van der Waals surface area contributed by atoms with Gasteiger partial charge in [0.15, 0.2) is 0 Å². The van der Waals surface area contributed by atoms with Crippen molar-refractivity contribution in [2.75, 3.05) is 33.1 Å². The zero-order chi connectivity index (χ0) is 17.9. The van der Waals surface area contributed by atoms with Crippen LogP contribution in [-0.2, 0) is 23.9 Å². The highest BCUT2D eigenvalue weighted by Crippen LogP contribution is 2.23. The first-order chi connectivity index (χ1) is 11.5. The van der Waals surface area contributed by atoms with Crippen LogP contribution in [0.15, 0.2) is 0 Å². The smallest absolute Gasteiger partial charge is 0.242 e. The number of hydrogen-bond acceptors (Lipinski definition) is 7. The fraction of sp³-hybridized carbons (Fsp3) is 0.733. The second-order valence-corrected chi connectivity index (χ2v) is 6.41. The Kier molecular flexibility index (Phi) is 9.58. The van der Waals surface area contributed by atoms with Gasteiger partial charge >= 0.3 is 0 Å². The lowest BCUT2D eigenvalue weighted by atomic mass is 10.1. The van der Waals surface area contributed by atoms with Gasteiger partial charge in [0.25, 0.3) is 0 Å². The molecule has 1 rings (SSSR count). The number of ketones is 1. The molecule has 8 nitrogen and oxygen atoms in total. The van der Waals surface area contributed by atoms with E-state index in [1.807, 2.05) is 0 Å². The average Bonchev–Trinajstić information content (AvgIpc) is 2.82. The summed E-state index contributed by atoms with van der Waals surface area (Å²) in [5.41, 5.74) is 4.96. The van der Waals surface area contributed by atoms with Crippen molar-refractivity contribution in [1.29, 1.82) is 0 Å². The number of hydrogen-bond donors (Lipinski definition) is 2. The normalized spacial score (nSPS) is 17.4. The molecule has 1 heterocycles. The molecule has 1 unspecified atom stereocenters. The lowest BCUT2D eigenvalue weighted by molar-refractivity contribution is -0.138. The predicted molar refractivity (Wildman–Crippen MR) is 90.1 cm³/mol. The van der Waals surface area contributed by atoms with Crippen LogP contribution in [0, 0.1) is 0 Å². The topological polar surface area (TPSA) is 105 Å². The van der Waals surface area contributed by atoms with Gasteiger partial charge in [-0.15, -0.1) is 0 Å². The number of carbonyl (C=O) groups is 4. The van der Waals surface area contributed by atoms with Crippen LogP contribution in [0.4, 0.5) is 0 Å². The lowest BCUT2D eigenvalue weighted by Gasteiger charge is -2.13. The maximum absolute atomic E-state index is 11.9. The van der Waals surface area contributed by atoms with Gasteiger partial charge in [-0.1, -0.05) is 0 Å². The molecule has 0 aromatic heterocycles. The minimum atomic E-state index is -0.305. The van der Waals surface area contributed by atoms with Gasteiger partial charge in [0.2, 0.25) is 17.7 Å². The Balaban J connectivity index is 2.09. The molecule has 1 aliphatic rings. The maximum atomic E-state index is 11.9. The van der Waals surface area contributed by atoms with Crippen molar-refractivity contribution < 1.29 is 23.9 Å². The highest BCUT2D eigenvalue weighted by molar-refractivity contribution is 8.00. The molecule has 1 aliphatic heterocycles. The van der Waals surface area contributed by atoms with Crippen LogP contribution in [0.5, 0.6) is 0 Å². The van der Waals surface area contributed by atoms with Gasteiger partial charge in [0.05, 0.1) is 18.3 Å². The minimum absolute atomic E-state index is 0.000252. The van der Waals surface area contributed by atoms with Crippen molar-refractivity contribution >= 4 is 35.3 Å². The van der Waals surface area contributed by atoms with E-state index >= 15 is 0 Å². The van der Waals surface area contributed by atoms with Crippen LogP contribution in [0.25, 0.3) is 0 Å². The van der Waals surface area contributed by atoms with Crippen LogP contribution in [0.2, 0.25) is 0 Å². The van der Waals surface area contributed by atoms with E-state index in [0.717, 1.165) is 0 Å². The number of nitrogens with one attached hydrogen (secondary N) is 2. The quantitative estimate of drug-likeness (QED) is 0.284. The summed E-state index contributed by atoms with van der Waals surface area (Å²) >= 11 is 1.36. The van der Waals surface area contributed by atoms with E-state index in [1.165, 1.54) is 16.7 Å². The second kappa shape index (κ2) is 11.2. The Labute approximate surface area is 146 Å². The Morgan fingerprint density at radius 2 is 2.00 bits per heavy atom. The third kappa shape index (κ3) is 6.98. The highest BCUT2D eigenvalue weighted by atomic mass is 32.2. The molecule has 1 fully saturated rings. The summed E-state index contributed by atoms with van der Waals surface area (Å²) in [5, 5.41) is -0.305. The summed E-state index contributed by atoms with van der Waals surface area (Å²) < 4.78 is 5.28. The van der Waals surface area contributed by atoms with Crippen molar-refractivity contribution in [2.24, 2.45) is 0 Å². The number of carbonyl (C=O) groups excluding carboxylic acids is 4. The third-order valence-electron chi connectivity index (χ3n) is 3.58. The molecule has 1 saturated heterocycles. The van der Waals surface area contributed by atoms with Gasteiger partial charge in [0.1, 0.15) is 5.78 Å². The minimum Gasteiger partial charge on any atom is -0.381 e. The van der Waals surface area contributed by atoms with E-state index in [4.69, 9.17) is 4.74 Å². The summed E-state index contributed by atoms with van der Waals surface area (Å²) in [6.45, 7) is 0.863. The molecule has 0 aliphatic carbocycles. The fourth-order valence-electron chi connectivity index (χ4n) is 2.27. The Hall–Kier alpha value is -1.45. The monoisotopic (exact) mass is 359 g/mol. The molecule has 0 aromatic carbocycles. The number of likely N-dealkylation sites (tertiary alicyclic amines) is 1. The first-order valence-corrected chi connectivity index (χ1v) is 9.20. The SMILES string of the molecule is CNNC(=O)CCOCCCC(=O)CCN1C(=O)CC(SC)C1=O. The van der Waals surface area contributed by atoms with Crippen molar-refractivity contribution in [1.82, 2.24) is 15.8 Å². The number of thioether (sulfide) groups is 1. The molecular formula is C15H25N3O5S. The first-order valence-electron chi connectivity index (χ1n) is 7.91. The molecule has 0 saturated carbocycles. The van der Waals surface area contributed by atoms with Gasteiger partial charge < -0.3 is 4.74 Å². The van der Waals surface area contributed by atoms with E-state index in [1.54, 1.807) is 13.3 Å². The van der Waals surface area contributed by atoms with Crippen LogP contribution in [0.3, 0.4) is 0 Å².